The number of benzene rings is 1. The topological polar surface area (TPSA) is 73.2 Å². The summed E-state index contributed by atoms with van der Waals surface area (Å²) in [6.45, 7) is 2.07. The molecule has 0 radical (unpaired) electrons. The molecule has 0 saturated carbocycles. The van der Waals surface area contributed by atoms with Gasteiger partial charge in [-0.2, -0.15) is 0 Å². The van der Waals surface area contributed by atoms with Gasteiger partial charge in [0.2, 0.25) is 0 Å². The predicted molar refractivity (Wildman–Crippen MR) is 101 cm³/mol. The summed E-state index contributed by atoms with van der Waals surface area (Å²) in [5.74, 6) is -0.642. The quantitative estimate of drug-likeness (QED) is 0.648. The van der Waals surface area contributed by atoms with Gasteiger partial charge in [-0.3, -0.25) is 14.9 Å². The van der Waals surface area contributed by atoms with Crippen LogP contribution in [0.25, 0.3) is 5.69 Å². The lowest BCUT2D eigenvalue weighted by Gasteiger charge is -2.08. The van der Waals surface area contributed by atoms with Crippen LogP contribution < -0.4 is 5.32 Å². The highest BCUT2D eigenvalue weighted by Gasteiger charge is 2.13. The molecule has 0 unspecified atom stereocenters. The molecule has 1 N–H and O–H groups in total. The van der Waals surface area contributed by atoms with Crippen molar-refractivity contribution >= 4 is 39.9 Å². The molecular weight excluding hydrogens is 374 g/mol. The van der Waals surface area contributed by atoms with Crippen molar-refractivity contribution in [3.05, 3.63) is 64.4 Å². The number of amides is 1. The van der Waals surface area contributed by atoms with Gasteiger partial charge in [0.05, 0.1) is 29.4 Å². The summed E-state index contributed by atoms with van der Waals surface area (Å²) in [5, 5.41) is 5.43. The maximum atomic E-state index is 12.5. The Hall–Kier alpha value is -2.64. The van der Waals surface area contributed by atoms with Crippen molar-refractivity contribution in [3.63, 3.8) is 0 Å². The standard InChI is InChI=1S/C18H16ClN3O3S/c1-2-25-16(23)10-13-11-26-18(20-13)21-17(24)12-5-6-14(19)15(9-12)22-7-3-4-8-22/h3-9,11H,2,10H2,1H3,(H,20,21,24). The van der Waals surface area contributed by atoms with Crippen LogP contribution in [0.5, 0.6) is 0 Å². The number of aromatic nitrogens is 2. The molecule has 0 atom stereocenters. The molecule has 134 valence electrons. The Morgan fingerprint density at radius 1 is 1.31 bits per heavy atom. The highest BCUT2D eigenvalue weighted by atomic mass is 35.5. The van der Waals surface area contributed by atoms with Crippen LogP contribution >= 0.6 is 22.9 Å². The number of rotatable bonds is 6. The number of nitrogens with zero attached hydrogens (tertiary/aromatic N) is 2. The SMILES string of the molecule is CCOC(=O)Cc1csc(NC(=O)c2ccc(Cl)c(-n3cccc3)c2)n1. The van der Waals surface area contributed by atoms with E-state index in [1.54, 1.807) is 30.5 Å². The third-order valence-corrected chi connectivity index (χ3v) is 4.62. The molecule has 8 heteroatoms. The third-order valence-electron chi connectivity index (χ3n) is 3.49. The summed E-state index contributed by atoms with van der Waals surface area (Å²) in [4.78, 5) is 28.2. The van der Waals surface area contributed by atoms with Crippen LogP contribution in [-0.4, -0.2) is 28.0 Å². The second kappa shape index (κ2) is 8.16. The molecule has 0 saturated heterocycles. The molecule has 0 aliphatic heterocycles. The first-order valence-electron chi connectivity index (χ1n) is 7.91. The van der Waals surface area contributed by atoms with E-state index in [1.807, 2.05) is 29.1 Å². The van der Waals surface area contributed by atoms with Gasteiger partial charge in [-0.1, -0.05) is 11.6 Å². The number of nitrogens with one attached hydrogen (secondary N) is 1. The number of halogens is 1. The van der Waals surface area contributed by atoms with Gasteiger partial charge in [-0.25, -0.2) is 4.98 Å². The minimum atomic E-state index is -0.343. The van der Waals surface area contributed by atoms with E-state index in [4.69, 9.17) is 16.3 Å². The van der Waals surface area contributed by atoms with E-state index >= 15 is 0 Å². The lowest BCUT2D eigenvalue weighted by atomic mass is 10.2. The molecule has 1 aromatic carbocycles. The summed E-state index contributed by atoms with van der Waals surface area (Å²) >= 11 is 7.48. The Labute approximate surface area is 159 Å². The van der Waals surface area contributed by atoms with Crippen molar-refractivity contribution in [2.75, 3.05) is 11.9 Å². The number of hydrogen-bond donors (Lipinski definition) is 1. The van der Waals surface area contributed by atoms with Gasteiger partial charge in [0, 0.05) is 23.3 Å². The maximum absolute atomic E-state index is 12.5. The molecule has 6 nitrogen and oxygen atoms in total. The Balaban J connectivity index is 1.72. The van der Waals surface area contributed by atoms with Gasteiger partial charge < -0.3 is 9.30 Å². The van der Waals surface area contributed by atoms with Crippen LogP contribution in [0, 0.1) is 0 Å². The minimum absolute atomic E-state index is 0.0823. The maximum Gasteiger partial charge on any atom is 0.311 e. The second-order valence-corrected chi connectivity index (χ2v) is 6.60. The van der Waals surface area contributed by atoms with Crippen LogP contribution in [0.2, 0.25) is 5.02 Å². The van der Waals surface area contributed by atoms with Crippen LogP contribution in [0.15, 0.2) is 48.1 Å². The van der Waals surface area contributed by atoms with Gasteiger partial charge in [-0.15, -0.1) is 11.3 Å². The van der Waals surface area contributed by atoms with Gasteiger partial charge in [0.1, 0.15) is 0 Å². The van der Waals surface area contributed by atoms with E-state index in [-0.39, 0.29) is 18.3 Å². The third kappa shape index (κ3) is 4.30. The average Bonchev–Trinajstić information content (AvgIpc) is 3.27. The molecule has 26 heavy (non-hydrogen) atoms. The van der Waals surface area contributed by atoms with Crippen LogP contribution in [0.4, 0.5) is 5.13 Å². The van der Waals surface area contributed by atoms with Crippen molar-refractivity contribution in [1.29, 1.82) is 0 Å². The van der Waals surface area contributed by atoms with Crippen LogP contribution in [-0.2, 0) is 16.0 Å². The molecule has 2 aromatic heterocycles. The number of anilines is 1. The molecule has 3 aromatic rings. The zero-order chi connectivity index (χ0) is 18.5. The molecule has 2 heterocycles. The zero-order valence-corrected chi connectivity index (χ0v) is 15.5. The van der Waals surface area contributed by atoms with Crippen LogP contribution in [0.1, 0.15) is 23.0 Å². The van der Waals surface area contributed by atoms with E-state index in [9.17, 15) is 9.59 Å². The van der Waals surface area contributed by atoms with E-state index in [0.717, 1.165) is 0 Å². The fourth-order valence-corrected chi connectivity index (χ4v) is 3.24. The number of thiazole rings is 1. The monoisotopic (exact) mass is 389 g/mol. The predicted octanol–water partition coefficient (Wildman–Crippen LogP) is 3.95. The summed E-state index contributed by atoms with van der Waals surface area (Å²) < 4.78 is 6.72. The molecular formula is C18H16ClN3O3S. The molecule has 0 aliphatic rings. The summed E-state index contributed by atoms with van der Waals surface area (Å²) in [5.41, 5.74) is 1.74. The molecule has 0 fully saturated rings. The van der Waals surface area contributed by atoms with Gasteiger partial charge in [0.15, 0.2) is 5.13 Å². The Bertz CT molecular complexity index is 922. The number of hydrogen-bond acceptors (Lipinski definition) is 5. The Kier molecular flexibility index (Phi) is 5.70. The van der Waals surface area contributed by atoms with Gasteiger partial charge >= 0.3 is 5.97 Å². The van der Waals surface area contributed by atoms with Gasteiger partial charge in [0.25, 0.3) is 5.91 Å². The summed E-state index contributed by atoms with van der Waals surface area (Å²) in [6, 6.07) is 8.80. The molecule has 1 amide bonds. The van der Waals surface area contributed by atoms with Gasteiger partial charge in [-0.05, 0) is 37.3 Å². The number of ether oxygens (including phenoxy) is 1. The van der Waals surface area contributed by atoms with Crippen LogP contribution in [0.3, 0.4) is 0 Å². The first-order chi connectivity index (χ1) is 12.6. The fourth-order valence-electron chi connectivity index (χ4n) is 2.32. The van der Waals surface area contributed by atoms with E-state index < -0.39 is 0 Å². The first-order valence-corrected chi connectivity index (χ1v) is 9.17. The largest absolute Gasteiger partial charge is 0.466 e. The summed E-state index contributed by atoms with van der Waals surface area (Å²) in [7, 11) is 0. The van der Waals surface area contributed by atoms with Crippen molar-refractivity contribution in [2.24, 2.45) is 0 Å². The van der Waals surface area contributed by atoms with Crippen molar-refractivity contribution < 1.29 is 14.3 Å². The smallest absolute Gasteiger partial charge is 0.311 e. The lowest BCUT2D eigenvalue weighted by molar-refractivity contribution is -0.142. The lowest BCUT2D eigenvalue weighted by Crippen LogP contribution is -2.13. The molecule has 3 rings (SSSR count). The second-order valence-electron chi connectivity index (χ2n) is 5.34. The fraction of sp³-hybridized carbons (Fsp3) is 0.167. The summed E-state index contributed by atoms with van der Waals surface area (Å²) in [6.07, 6.45) is 3.79. The average molecular weight is 390 g/mol. The van der Waals surface area contributed by atoms with Crippen molar-refractivity contribution in [3.8, 4) is 5.69 Å². The Morgan fingerprint density at radius 3 is 2.81 bits per heavy atom. The highest BCUT2D eigenvalue weighted by molar-refractivity contribution is 7.14. The molecule has 0 aliphatic carbocycles. The molecule has 0 bridgehead atoms. The van der Waals surface area contributed by atoms with Crippen molar-refractivity contribution in [2.45, 2.75) is 13.3 Å². The van der Waals surface area contributed by atoms with Crippen molar-refractivity contribution in [1.82, 2.24) is 9.55 Å². The van der Waals surface area contributed by atoms with E-state index in [0.29, 0.717) is 33.7 Å². The Morgan fingerprint density at radius 2 is 2.08 bits per heavy atom. The molecule has 0 spiro atoms. The number of esters is 1. The highest BCUT2D eigenvalue weighted by Crippen LogP contribution is 2.23. The zero-order valence-electron chi connectivity index (χ0n) is 13.9. The van der Waals surface area contributed by atoms with E-state index in [1.165, 1.54) is 11.3 Å². The minimum Gasteiger partial charge on any atom is -0.466 e. The first kappa shape index (κ1) is 18.2. The number of carbonyl (C=O) groups is 2. The normalized spacial score (nSPS) is 10.5. The number of carbonyl (C=O) groups excluding carboxylic acids is 2. The van der Waals surface area contributed by atoms with E-state index in [2.05, 4.69) is 10.3 Å².